The molecule has 0 bridgehead atoms. The molecule has 3 N–H and O–H groups in total. The first-order chi connectivity index (χ1) is 16.2. The molecule has 0 fully saturated rings. The summed E-state index contributed by atoms with van der Waals surface area (Å²) in [6.45, 7) is 1.47. The number of alkyl halides is 2. The predicted molar refractivity (Wildman–Crippen MR) is 119 cm³/mol. The number of nitrogens with one attached hydrogen (secondary N) is 2. The Bertz CT molecular complexity index is 1000. The number of benzene rings is 2. The maximum Gasteiger partial charge on any atom is 0.407 e. The van der Waals surface area contributed by atoms with Gasteiger partial charge in [0.1, 0.15) is 18.7 Å². The Morgan fingerprint density at radius 1 is 1.00 bits per heavy atom. The third-order valence-corrected chi connectivity index (χ3v) is 5.77. The average Bonchev–Trinajstić information content (AvgIpc) is 3.13. The second-order valence-electron chi connectivity index (χ2n) is 7.91. The van der Waals surface area contributed by atoms with E-state index in [0.29, 0.717) is 0 Å². The van der Waals surface area contributed by atoms with Gasteiger partial charge in [0.05, 0.1) is 6.10 Å². The van der Waals surface area contributed by atoms with Gasteiger partial charge in [-0.05, 0) is 29.2 Å². The summed E-state index contributed by atoms with van der Waals surface area (Å²) in [5, 5.41) is 13.5. The molecule has 0 saturated heterocycles. The highest BCUT2D eigenvalue weighted by Gasteiger charge is 2.33. The van der Waals surface area contributed by atoms with E-state index in [9.17, 15) is 23.2 Å². The molecule has 2 aromatic rings. The van der Waals surface area contributed by atoms with Crippen LogP contribution in [-0.4, -0.2) is 61.4 Å². The molecule has 34 heavy (non-hydrogen) atoms. The normalized spacial score (nSPS) is 15.1. The van der Waals surface area contributed by atoms with E-state index in [0.717, 1.165) is 22.3 Å². The second kappa shape index (κ2) is 11.1. The Kier molecular flexibility index (Phi) is 8.17. The van der Waals surface area contributed by atoms with Crippen LogP contribution in [0.3, 0.4) is 0 Å². The summed E-state index contributed by atoms with van der Waals surface area (Å²) in [5.74, 6) is -2.79. The quantitative estimate of drug-likeness (QED) is 0.486. The van der Waals surface area contributed by atoms with E-state index in [4.69, 9.17) is 14.6 Å². The molecule has 2 amide bonds. The summed E-state index contributed by atoms with van der Waals surface area (Å²) in [6.07, 6.45) is -5.82. The topological polar surface area (TPSA) is 114 Å². The lowest BCUT2D eigenvalue weighted by atomic mass is 9.98. The van der Waals surface area contributed by atoms with Gasteiger partial charge >= 0.3 is 12.1 Å². The largest absolute Gasteiger partial charge is 0.480 e. The van der Waals surface area contributed by atoms with Gasteiger partial charge in [-0.15, -0.1) is 0 Å². The summed E-state index contributed by atoms with van der Waals surface area (Å²) >= 11 is 0. The van der Waals surface area contributed by atoms with Crippen LogP contribution in [0.4, 0.5) is 13.6 Å². The van der Waals surface area contributed by atoms with Crippen molar-refractivity contribution in [2.24, 2.45) is 0 Å². The maximum atomic E-state index is 12.7. The summed E-state index contributed by atoms with van der Waals surface area (Å²) in [6, 6.07) is 12.4. The molecule has 3 unspecified atom stereocenters. The molecule has 3 rings (SSSR count). The molecular formula is C24H26F2N2O6. The van der Waals surface area contributed by atoms with E-state index >= 15 is 0 Å². The zero-order valence-electron chi connectivity index (χ0n) is 18.7. The van der Waals surface area contributed by atoms with Gasteiger partial charge < -0.3 is 25.2 Å². The summed E-state index contributed by atoms with van der Waals surface area (Å²) in [4.78, 5) is 36.4. The van der Waals surface area contributed by atoms with Crippen molar-refractivity contribution in [1.29, 1.82) is 0 Å². The average molecular weight is 476 g/mol. The first kappa shape index (κ1) is 25.1. The fraction of sp³-hybridized carbons (Fsp3) is 0.375. The van der Waals surface area contributed by atoms with Crippen molar-refractivity contribution >= 4 is 18.0 Å². The predicted octanol–water partition coefficient (Wildman–Crippen LogP) is 3.15. The molecule has 3 atom stereocenters. The molecule has 2 aromatic carbocycles. The Morgan fingerprint density at radius 3 is 2.06 bits per heavy atom. The third-order valence-electron chi connectivity index (χ3n) is 5.77. The standard InChI is InChI=1S/C24H26F2N2O6/c1-13(33-2)21(22(29)27-19(23(30)31)11-20(25)26)28-24(32)34-12-18-16-9-5-3-7-14(16)15-8-4-6-10-17(15)18/h3-10,13,18-21H,11-12H2,1-2H3,(H,27,29)(H,28,32)(H,30,31). The number of carbonyl (C=O) groups excluding carboxylic acids is 2. The number of ether oxygens (including phenoxy) is 2. The minimum absolute atomic E-state index is 0.00129. The van der Waals surface area contributed by atoms with Crippen LogP contribution >= 0.6 is 0 Å². The lowest BCUT2D eigenvalue weighted by molar-refractivity contribution is -0.143. The van der Waals surface area contributed by atoms with E-state index in [1.165, 1.54) is 14.0 Å². The highest BCUT2D eigenvalue weighted by atomic mass is 19.3. The Morgan fingerprint density at radius 2 is 1.56 bits per heavy atom. The fourth-order valence-electron chi connectivity index (χ4n) is 3.96. The summed E-state index contributed by atoms with van der Waals surface area (Å²) < 4.78 is 35.8. The van der Waals surface area contributed by atoms with Crippen molar-refractivity contribution in [2.45, 2.75) is 43.9 Å². The molecule has 1 aliphatic rings. The third kappa shape index (κ3) is 5.69. The first-order valence-electron chi connectivity index (χ1n) is 10.7. The van der Waals surface area contributed by atoms with Gasteiger partial charge in [-0.25, -0.2) is 18.4 Å². The Hall–Kier alpha value is -3.53. The van der Waals surface area contributed by atoms with Crippen LogP contribution in [-0.2, 0) is 19.1 Å². The molecule has 0 spiro atoms. The lowest BCUT2D eigenvalue weighted by Gasteiger charge is -2.25. The summed E-state index contributed by atoms with van der Waals surface area (Å²) in [7, 11) is 1.29. The number of amides is 2. The van der Waals surface area contributed by atoms with Crippen LogP contribution in [0.15, 0.2) is 48.5 Å². The minimum atomic E-state index is -2.94. The number of carboxylic acids is 1. The Labute approximate surface area is 195 Å². The van der Waals surface area contributed by atoms with Crippen LogP contribution in [0, 0.1) is 0 Å². The zero-order valence-corrected chi connectivity index (χ0v) is 18.7. The van der Waals surface area contributed by atoms with Crippen molar-refractivity contribution in [3.63, 3.8) is 0 Å². The number of hydrogen-bond acceptors (Lipinski definition) is 5. The number of hydrogen-bond donors (Lipinski definition) is 3. The van der Waals surface area contributed by atoms with Gasteiger partial charge in [-0.1, -0.05) is 48.5 Å². The number of aliphatic carboxylic acids is 1. The van der Waals surface area contributed by atoms with Crippen LogP contribution in [0.1, 0.15) is 30.4 Å². The number of alkyl carbamates (subject to hydrolysis) is 1. The van der Waals surface area contributed by atoms with Crippen molar-refractivity contribution in [1.82, 2.24) is 10.6 Å². The number of methoxy groups -OCH3 is 1. The second-order valence-corrected chi connectivity index (χ2v) is 7.91. The van der Waals surface area contributed by atoms with Crippen LogP contribution < -0.4 is 10.6 Å². The van der Waals surface area contributed by atoms with Gasteiger partial charge in [-0.2, -0.15) is 0 Å². The molecule has 1 aliphatic carbocycles. The first-order valence-corrected chi connectivity index (χ1v) is 10.7. The van der Waals surface area contributed by atoms with E-state index in [-0.39, 0.29) is 12.5 Å². The maximum absolute atomic E-state index is 12.7. The number of carboxylic acid groups (broad SMARTS) is 1. The highest BCUT2D eigenvalue weighted by molar-refractivity contribution is 5.89. The van der Waals surface area contributed by atoms with Crippen molar-refractivity contribution in [2.75, 3.05) is 13.7 Å². The SMILES string of the molecule is COC(C)C(NC(=O)OCC1c2ccccc2-c2ccccc21)C(=O)NC(CC(F)F)C(=O)O. The highest BCUT2D eigenvalue weighted by Crippen LogP contribution is 2.44. The summed E-state index contributed by atoms with van der Waals surface area (Å²) in [5.41, 5.74) is 4.12. The molecule has 0 aromatic heterocycles. The minimum Gasteiger partial charge on any atom is -0.480 e. The van der Waals surface area contributed by atoms with E-state index < -0.39 is 49.0 Å². The molecule has 10 heteroatoms. The van der Waals surface area contributed by atoms with Crippen molar-refractivity contribution in [3.05, 3.63) is 59.7 Å². The number of carbonyl (C=O) groups is 3. The molecule has 8 nitrogen and oxygen atoms in total. The molecule has 0 radical (unpaired) electrons. The molecule has 182 valence electrons. The Balaban J connectivity index is 1.68. The zero-order chi connectivity index (χ0) is 24.8. The van der Waals surface area contributed by atoms with Crippen molar-refractivity contribution in [3.8, 4) is 11.1 Å². The van der Waals surface area contributed by atoms with Crippen LogP contribution in [0.5, 0.6) is 0 Å². The lowest BCUT2D eigenvalue weighted by Crippen LogP contribution is -2.56. The molecule has 0 aliphatic heterocycles. The fourth-order valence-corrected chi connectivity index (χ4v) is 3.96. The van der Waals surface area contributed by atoms with Gasteiger partial charge in [-0.3, -0.25) is 4.79 Å². The monoisotopic (exact) mass is 476 g/mol. The number of halogens is 2. The van der Waals surface area contributed by atoms with Gasteiger partial charge in [0.25, 0.3) is 0 Å². The van der Waals surface area contributed by atoms with E-state index in [1.54, 1.807) is 0 Å². The van der Waals surface area contributed by atoms with Gasteiger partial charge in [0.15, 0.2) is 0 Å². The number of fused-ring (bicyclic) bond motifs is 3. The van der Waals surface area contributed by atoms with Crippen molar-refractivity contribution < 1.29 is 37.7 Å². The smallest absolute Gasteiger partial charge is 0.407 e. The molecule has 0 heterocycles. The molecular weight excluding hydrogens is 450 g/mol. The van der Waals surface area contributed by atoms with Crippen LogP contribution in [0.25, 0.3) is 11.1 Å². The molecule has 0 saturated carbocycles. The van der Waals surface area contributed by atoms with Gasteiger partial charge in [0.2, 0.25) is 12.3 Å². The van der Waals surface area contributed by atoms with E-state index in [2.05, 4.69) is 5.32 Å². The van der Waals surface area contributed by atoms with E-state index in [1.807, 2.05) is 53.8 Å². The van der Waals surface area contributed by atoms with Crippen LogP contribution in [0.2, 0.25) is 0 Å². The van der Waals surface area contributed by atoms with Gasteiger partial charge in [0, 0.05) is 19.4 Å². The number of rotatable bonds is 10.